The minimum absolute atomic E-state index is 0.833. The fourth-order valence-electron chi connectivity index (χ4n) is 2.40. The van der Waals surface area contributed by atoms with Gasteiger partial charge in [-0.2, -0.15) is 0 Å². The van der Waals surface area contributed by atoms with E-state index in [1.165, 1.54) is 48.9 Å². The molecule has 0 aliphatic carbocycles. The Labute approximate surface area is 99.3 Å². The fraction of sp³-hybridized carbons (Fsp3) is 0.600. The highest BCUT2D eigenvalue weighted by Gasteiger charge is 2.08. The van der Waals surface area contributed by atoms with E-state index in [0.29, 0.717) is 0 Å². The Morgan fingerprint density at radius 3 is 3.00 bits per heavy atom. The van der Waals surface area contributed by atoms with Crippen LogP contribution in [0.25, 0.3) is 0 Å². The predicted molar refractivity (Wildman–Crippen MR) is 71.0 cm³/mol. The zero-order valence-corrected chi connectivity index (χ0v) is 10.6. The molecule has 0 saturated carbocycles. The second kappa shape index (κ2) is 5.38. The van der Waals surface area contributed by atoms with Crippen molar-refractivity contribution in [2.45, 2.75) is 46.0 Å². The number of fused-ring (bicyclic) bond motifs is 1. The molecular weight excluding hydrogens is 194 g/mol. The van der Waals surface area contributed by atoms with Gasteiger partial charge in [0.15, 0.2) is 0 Å². The third kappa shape index (κ3) is 3.01. The molecule has 0 spiro atoms. The van der Waals surface area contributed by atoms with Crippen molar-refractivity contribution in [1.82, 2.24) is 0 Å². The maximum Gasteiger partial charge on any atom is 0.0372 e. The van der Waals surface area contributed by atoms with Crippen LogP contribution in [0.2, 0.25) is 0 Å². The number of nitrogens with one attached hydrogen (secondary N) is 1. The van der Waals surface area contributed by atoms with E-state index in [9.17, 15) is 0 Å². The molecule has 88 valence electrons. The average molecular weight is 217 g/mol. The number of hydrogen-bond donors (Lipinski definition) is 1. The van der Waals surface area contributed by atoms with Gasteiger partial charge in [-0.3, -0.25) is 0 Å². The van der Waals surface area contributed by atoms with Gasteiger partial charge in [0.2, 0.25) is 0 Å². The second-order valence-electron chi connectivity index (χ2n) is 5.31. The first kappa shape index (κ1) is 11.5. The molecule has 0 unspecified atom stereocenters. The lowest BCUT2D eigenvalue weighted by atomic mass is 9.97. The lowest BCUT2D eigenvalue weighted by molar-refractivity contribution is 0.555. The molecule has 16 heavy (non-hydrogen) atoms. The van der Waals surface area contributed by atoms with Crippen LogP contribution >= 0.6 is 0 Å². The number of rotatable bonds is 4. The maximum absolute atomic E-state index is 3.46. The van der Waals surface area contributed by atoms with Crippen LogP contribution in [0, 0.1) is 5.92 Å². The largest absolute Gasteiger partial charge is 0.385 e. The van der Waals surface area contributed by atoms with Gasteiger partial charge >= 0.3 is 0 Å². The molecule has 0 fully saturated rings. The molecule has 0 aromatic heterocycles. The third-order valence-electron chi connectivity index (χ3n) is 3.35. The lowest BCUT2D eigenvalue weighted by Gasteiger charge is -2.18. The van der Waals surface area contributed by atoms with Crippen molar-refractivity contribution in [3.05, 3.63) is 29.3 Å². The van der Waals surface area contributed by atoms with E-state index in [0.717, 1.165) is 12.5 Å². The van der Waals surface area contributed by atoms with Crippen LogP contribution in [0.1, 0.15) is 44.2 Å². The van der Waals surface area contributed by atoms with E-state index in [1.807, 2.05) is 0 Å². The zero-order chi connectivity index (χ0) is 11.4. The van der Waals surface area contributed by atoms with Crippen LogP contribution in [-0.4, -0.2) is 6.54 Å². The van der Waals surface area contributed by atoms with Crippen molar-refractivity contribution < 1.29 is 0 Å². The first-order valence-electron chi connectivity index (χ1n) is 6.61. The Hall–Kier alpha value is -0.980. The molecule has 0 atom stereocenters. The van der Waals surface area contributed by atoms with E-state index < -0.39 is 0 Å². The molecule has 1 aliphatic rings. The SMILES string of the molecule is CC(C)CCCc1ccc2c(c1)CCCN2. The van der Waals surface area contributed by atoms with Crippen LogP contribution in [0.4, 0.5) is 5.69 Å². The summed E-state index contributed by atoms with van der Waals surface area (Å²) in [7, 11) is 0. The number of aryl methyl sites for hydroxylation is 2. The summed E-state index contributed by atoms with van der Waals surface area (Å²) in [6, 6.07) is 6.96. The Balaban J connectivity index is 1.95. The van der Waals surface area contributed by atoms with Gasteiger partial charge in [-0.15, -0.1) is 0 Å². The highest BCUT2D eigenvalue weighted by molar-refractivity contribution is 5.54. The monoisotopic (exact) mass is 217 g/mol. The molecule has 1 aromatic rings. The van der Waals surface area contributed by atoms with Crippen molar-refractivity contribution in [3.63, 3.8) is 0 Å². The van der Waals surface area contributed by atoms with Crippen molar-refractivity contribution in [2.75, 3.05) is 11.9 Å². The molecule has 1 aliphatic heterocycles. The summed E-state index contributed by atoms with van der Waals surface area (Å²) in [5.41, 5.74) is 4.40. The highest BCUT2D eigenvalue weighted by atomic mass is 14.9. The molecule has 0 amide bonds. The van der Waals surface area contributed by atoms with Gasteiger partial charge in [-0.25, -0.2) is 0 Å². The van der Waals surface area contributed by atoms with E-state index in [4.69, 9.17) is 0 Å². The van der Waals surface area contributed by atoms with Gasteiger partial charge in [-0.1, -0.05) is 32.4 Å². The van der Waals surface area contributed by atoms with E-state index in [-0.39, 0.29) is 0 Å². The number of benzene rings is 1. The summed E-state index contributed by atoms with van der Waals surface area (Å²) in [5, 5.41) is 3.46. The normalized spacial score (nSPS) is 14.7. The topological polar surface area (TPSA) is 12.0 Å². The van der Waals surface area contributed by atoms with E-state index in [2.05, 4.69) is 37.4 Å². The third-order valence-corrected chi connectivity index (χ3v) is 3.35. The van der Waals surface area contributed by atoms with Crippen molar-refractivity contribution >= 4 is 5.69 Å². The minimum Gasteiger partial charge on any atom is -0.385 e. The van der Waals surface area contributed by atoms with Gasteiger partial charge < -0.3 is 5.32 Å². The summed E-state index contributed by atoms with van der Waals surface area (Å²) in [4.78, 5) is 0. The Kier molecular flexibility index (Phi) is 3.87. The fourth-order valence-corrected chi connectivity index (χ4v) is 2.40. The second-order valence-corrected chi connectivity index (χ2v) is 5.31. The van der Waals surface area contributed by atoms with Gasteiger partial charge in [0.05, 0.1) is 0 Å². The Morgan fingerprint density at radius 1 is 1.31 bits per heavy atom. The summed E-state index contributed by atoms with van der Waals surface area (Å²) in [6.07, 6.45) is 6.44. The quantitative estimate of drug-likeness (QED) is 0.803. The lowest BCUT2D eigenvalue weighted by Crippen LogP contribution is -2.11. The molecule has 1 N–H and O–H groups in total. The first-order chi connectivity index (χ1) is 7.75. The highest BCUT2D eigenvalue weighted by Crippen LogP contribution is 2.23. The minimum atomic E-state index is 0.833. The van der Waals surface area contributed by atoms with Gasteiger partial charge in [0.25, 0.3) is 0 Å². The molecule has 0 radical (unpaired) electrons. The van der Waals surface area contributed by atoms with Crippen molar-refractivity contribution in [2.24, 2.45) is 5.92 Å². The van der Waals surface area contributed by atoms with E-state index >= 15 is 0 Å². The zero-order valence-electron chi connectivity index (χ0n) is 10.6. The smallest absolute Gasteiger partial charge is 0.0372 e. The molecular formula is C15H23N. The van der Waals surface area contributed by atoms with Gasteiger partial charge in [-0.05, 0) is 48.8 Å². The summed E-state index contributed by atoms with van der Waals surface area (Å²) in [6.45, 7) is 5.74. The van der Waals surface area contributed by atoms with Crippen LogP contribution in [0.5, 0.6) is 0 Å². The van der Waals surface area contributed by atoms with Crippen molar-refractivity contribution in [3.8, 4) is 0 Å². The van der Waals surface area contributed by atoms with Gasteiger partial charge in [0.1, 0.15) is 0 Å². The van der Waals surface area contributed by atoms with Gasteiger partial charge in [0, 0.05) is 12.2 Å². The molecule has 1 heterocycles. The van der Waals surface area contributed by atoms with E-state index in [1.54, 1.807) is 0 Å². The number of hydrogen-bond acceptors (Lipinski definition) is 1. The van der Waals surface area contributed by atoms with Crippen LogP contribution in [0.15, 0.2) is 18.2 Å². The Bertz CT molecular complexity index is 341. The number of anilines is 1. The van der Waals surface area contributed by atoms with Crippen LogP contribution in [-0.2, 0) is 12.8 Å². The standard InChI is InChI=1S/C15H23N/c1-12(2)5-3-6-13-8-9-15-14(11-13)7-4-10-16-15/h8-9,11-12,16H,3-7,10H2,1-2H3. The summed E-state index contributed by atoms with van der Waals surface area (Å²) >= 11 is 0. The molecule has 0 bridgehead atoms. The molecule has 0 saturated heterocycles. The first-order valence-corrected chi connectivity index (χ1v) is 6.61. The van der Waals surface area contributed by atoms with Crippen molar-refractivity contribution in [1.29, 1.82) is 0 Å². The summed E-state index contributed by atoms with van der Waals surface area (Å²) in [5.74, 6) is 0.833. The molecule has 1 nitrogen and oxygen atoms in total. The molecule has 2 rings (SSSR count). The summed E-state index contributed by atoms with van der Waals surface area (Å²) < 4.78 is 0. The molecule has 1 heteroatoms. The van der Waals surface area contributed by atoms with Crippen LogP contribution in [0.3, 0.4) is 0 Å². The van der Waals surface area contributed by atoms with Crippen LogP contribution < -0.4 is 5.32 Å². The predicted octanol–water partition coefficient (Wildman–Crippen LogP) is 4.02. The molecule has 1 aromatic carbocycles. The average Bonchev–Trinajstić information content (AvgIpc) is 2.28. The Morgan fingerprint density at radius 2 is 2.19 bits per heavy atom. The maximum atomic E-state index is 3.46.